The Kier molecular flexibility index (Phi) is 3.49. The van der Waals surface area contributed by atoms with E-state index in [1.165, 1.54) is 16.5 Å². The lowest BCUT2D eigenvalue weighted by Gasteiger charge is -2.22. The third kappa shape index (κ3) is 2.43. The van der Waals surface area contributed by atoms with Gasteiger partial charge in [0.25, 0.3) is 0 Å². The van der Waals surface area contributed by atoms with Crippen molar-refractivity contribution in [2.75, 3.05) is 6.54 Å². The minimum atomic E-state index is -0.695. The molecule has 106 valence electrons. The van der Waals surface area contributed by atoms with Crippen LogP contribution in [0.4, 0.5) is 0 Å². The molecule has 1 aliphatic heterocycles. The number of benzene rings is 1. The quantitative estimate of drug-likeness (QED) is 0.930. The summed E-state index contributed by atoms with van der Waals surface area (Å²) in [4.78, 5) is 13.3. The monoisotopic (exact) mass is 272 g/mol. The van der Waals surface area contributed by atoms with E-state index in [-0.39, 0.29) is 12.5 Å². The van der Waals surface area contributed by atoms with E-state index < -0.39 is 5.97 Å². The molecule has 0 spiro atoms. The summed E-state index contributed by atoms with van der Waals surface area (Å²) in [6, 6.07) is 8.57. The van der Waals surface area contributed by atoms with Crippen molar-refractivity contribution >= 4 is 16.9 Å². The zero-order valence-corrected chi connectivity index (χ0v) is 11.7. The van der Waals surface area contributed by atoms with Gasteiger partial charge in [-0.25, -0.2) is 0 Å². The summed E-state index contributed by atoms with van der Waals surface area (Å²) in [6.07, 6.45) is 4.52. The summed E-state index contributed by atoms with van der Waals surface area (Å²) in [5, 5.41) is 10.3. The second-order valence-electron chi connectivity index (χ2n) is 5.65. The molecule has 4 heteroatoms. The van der Waals surface area contributed by atoms with Gasteiger partial charge >= 0.3 is 5.97 Å². The van der Waals surface area contributed by atoms with Gasteiger partial charge in [0.05, 0.1) is 6.42 Å². The SMILES string of the molecule is Cn1cc(CN2CCCC2CC(=O)O)c2ccccc21. The van der Waals surface area contributed by atoms with Gasteiger partial charge in [-0.2, -0.15) is 0 Å². The van der Waals surface area contributed by atoms with Crippen LogP contribution in [0.2, 0.25) is 0 Å². The number of nitrogens with zero attached hydrogens (tertiary/aromatic N) is 2. The van der Waals surface area contributed by atoms with Gasteiger partial charge in [0.15, 0.2) is 0 Å². The van der Waals surface area contributed by atoms with Crippen molar-refractivity contribution in [3.05, 3.63) is 36.0 Å². The molecule has 0 radical (unpaired) electrons. The number of carbonyl (C=O) groups is 1. The van der Waals surface area contributed by atoms with Crippen molar-refractivity contribution in [2.24, 2.45) is 7.05 Å². The minimum Gasteiger partial charge on any atom is -0.481 e. The number of para-hydroxylation sites is 1. The fourth-order valence-corrected chi connectivity index (χ4v) is 3.31. The normalized spacial score (nSPS) is 19.8. The van der Waals surface area contributed by atoms with Crippen LogP contribution in [0.3, 0.4) is 0 Å². The molecule has 20 heavy (non-hydrogen) atoms. The van der Waals surface area contributed by atoms with E-state index >= 15 is 0 Å². The molecule has 1 N–H and O–H groups in total. The first-order valence-electron chi connectivity index (χ1n) is 7.14. The Morgan fingerprint density at radius 3 is 3.00 bits per heavy atom. The molecule has 1 aromatic heterocycles. The number of hydrogen-bond donors (Lipinski definition) is 1. The summed E-state index contributed by atoms with van der Waals surface area (Å²) in [6.45, 7) is 1.85. The summed E-state index contributed by atoms with van der Waals surface area (Å²) in [5.41, 5.74) is 2.52. The number of aryl methyl sites for hydroxylation is 1. The zero-order chi connectivity index (χ0) is 14.1. The predicted octanol–water partition coefficient (Wildman–Crippen LogP) is 2.62. The second-order valence-corrected chi connectivity index (χ2v) is 5.65. The van der Waals surface area contributed by atoms with Gasteiger partial charge < -0.3 is 9.67 Å². The van der Waals surface area contributed by atoms with Gasteiger partial charge in [0, 0.05) is 36.7 Å². The highest BCUT2D eigenvalue weighted by atomic mass is 16.4. The molecule has 1 fully saturated rings. The molecule has 1 saturated heterocycles. The maximum absolute atomic E-state index is 10.9. The van der Waals surface area contributed by atoms with Crippen molar-refractivity contribution in [3.63, 3.8) is 0 Å². The van der Waals surface area contributed by atoms with Crippen molar-refractivity contribution in [1.82, 2.24) is 9.47 Å². The van der Waals surface area contributed by atoms with Crippen molar-refractivity contribution in [1.29, 1.82) is 0 Å². The molecule has 2 aromatic rings. The first-order chi connectivity index (χ1) is 9.65. The molecule has 0 aliphatic carbocycles. The summed E-state index contributed by atoms with van der Waals surface area (Å²) in [5.74, 6) is -0.695. The van der Waals surface area contributed by atoms with Crippen LogP contribution >= 0.6 is 0 Å². The lowest BCUT2D eigenvalue weighted by atomic mass is 10.1. The van der Waals surface area contributed by atoms with E-state index in [0.717, 1.165) is 25.9 Å². The Hall–Kier alpha value is -1.81. The Bertz CT molecular complexity index is 632. The molecule has 3 rings (SSSR count). The average Bonchev–Trinajstić information content (AvgIpc) is 2.96. The number of carboxylic acid groups (broad SMARTS) is 1. The van der Waals surface area contributed by atoms with Gasteiger partial charge in [-0.15, -0.1) is 0 Å². The maximum Gasteiger partial charge on any atom is 0.304 e. The van der Waals surface area contributed by atoms with Crippen LogP contribution in [0.5, 0.6) is 0 Å². The molecule has 0 amide bonds. The van der Waals surface area contributed by atoms with Crippen LogP contribution in [0.15, 0.2) is 30.5 Å². The van der Waals surface area contributed by atoms with Crippen LogP contribution in [-0.4, -0.2) is 33.1 Å². The number of aliphatic carboxylic acids is 1. The standard InChI is InChI=1S/C16H20N2O2/c1-17-10-12(14-6-2-3-7-15(14)17)11-18-8-4-5-13(18)9-16(19)20/h2-3,6-7,10,13H,4-5,8-9,11H2,1H3,(H,19,20). The molecule has 4 nitrogen and oxygen atoms in total. The van der Waals surface area contributed by atoms with E-state index in [4.69, 9.17) is 5.11 Å². The van der Waals surface area contributed by atoms with Gasteiger partial charge in [-0.05, 0) is 31.0 Å². The van der Waals surface area contributed by atoms with E-state index in [9.17, 15) is 4.79 Å². The third-order valence-corrected chi connectivity index (χ3v) is 4.26. The fourth-order valence-electron chi connectivity index (χ4n) is 3.31. The van der Waals surface area contributed by atoms with E-state index in [2.05, 4.69) is 47.0 Å². The average molecular weight is 272 g/mol. The molecular formula is C16H20N2O2. The Morgan fingerprint density at radius 2 is 2.20 bits per heavy atom. The van der Waals surface area contributed by atoms with Crippen molar-refractivity contribution < 1.29 is 9.90 Å². The Morgan fingerprint density at radius 1 is 1.40 bits per heavy atom. The number of aromatic nitrogens is 1. The van der Waals surface area contributed by atoms with Gasteiger partial charge in [0.2, 0.25) is 0 Å². The second kappa shape index (κ2) is 5.29. The van der Waals surface area contributed by atoms with Gasteiger partial charge in [-0.1, -0.05) is 18.2 Å². The largest absolute Gasteiger partial charge is 0.481 e. The number of rotatable bonds is 4. The lowest BCUT2D eigenvalue weighted by Crippen LogP contribution is -2.30. The van der Waals surface area contributed by atoms with Crippen LogP contribution in [0, 0.1) is 0 Å². The van der Waals surface area contributed by atoms with Crippen LogP contribution in [-0.2, 0) is 18.4 Å². The number of hydrogen-bond acceptors (Lipinski definition) is 2. The molecule has 1 unspecified atom stereocenters. The number of fused-ring (bicyclic) bond motifs is 1. The van der Waals surface area contributed by atoms with Crippen molar-refractivity contribution in [3.8, 4) is 0 Å². The van der Waals surface area contributed by atoms with E-state index in [1.807, 2.05) is 0 Å². The first-order valence-corrected chi connectivity index (χ1v) is 7.14. The summed E-state index contributed by atoms with van der Waals surface area (Å²) < 4.78 is 2.15. The summed E-state index contributed by atoms with van der Waals surface area (Å²) >= 11 is 0. The molecule has 0 saturated carbocycles. The first kappa shape index (κ1) is 13.2. The molecule has 1 aliphatic rings. The molecule has 2 heterocycles. The van der Waals surface area contributed by atoms with Crippen LogP contribution in [0.1, 0.15) is 24.8 Å². The molecule has 0 bridgehead atoms. The van der Waals surface area contributed by atoms with E-state index in [0.29, 0.717) is 0 Å². The topological polar surface area (TPSA) is 45.5 Å². The molecular weight excluding hydrogens is 252 g/mol. The van der Waals surface area contributed by atoms with Gasteiger partial charge in [-0.3, -0.25) is 9.69 Å². The fraction of sp³-hybridized carbons (Fsp3) is 0.438. The van der Waals surface area contributed by atoms with Crippen LogP contribution in [0.25, 0.3) is 10.9 Å². The summed E-state index contributed by atoms with van der Waals surface area (Å²) in [7, 11) is 2.06. The number of carboxylic acids is 1. The molecule has 1 atom stereocenters. The van der Waals surface area contributed by atoms with E-state index in [1.54, 1.807) is 0 Å². The Balaban J connectivity index is 1.84. The van der Waals surface area contributed by atoms with Crippen LogP contribution < -0.4 is 0 Å². The lowest BCUT2D eigenvalue weighted by molar-refractivity contribution is -0.138. The molecule has 1 aromatic carbocycles. The zero-order valence-electron chi connectivity index (χ0n) is 11.7. The highest BCUT2D eigenvalue weighted by Gasteiger charge is 2.27. The highest BCUT2D eigenvalue weighted by molar-refractivity contribution is 5.83. The predicted molar refractivity (Wildman–Crippen MR) is 78.6 cm³/mol. The number of likely N-dealkylation sites (tertiary alicyclic amines) is 1. The van der Waals surface area contributed by atoms with Gasteiger partial charge in [0.1, 0.15) is 0 Å². The van der Waals surface area contributed by atoms with Crippen molar-refractivity contribution in [2.45, 2.75) is 31.8 Å². The Labute approximate surface area is 118 Å². The highest BCUT2D eigenvalue weighted by Crippen LogP contribution is 2.26. The minimum absolute atomic E-state index is 0.187. The third-order valence-electron chi connectivity index (χ3n) is 4.26. The smallest absolute Gasteiger partial charge is 0.304 e. The maximum atomic E-state index is 10.9.